The molecule has 6 heteroatoms. The lowest BCUT2D eigenvalue weighted by Crippen LogP contribution is -2.32. The number of halogens is 1. The quantitative estimate of drug-likeness (QED) is 0.806. The van der Waals surface area contributed by atoms with E-state index < -0.39 is 17.6 Å². The van der Waals surface area contributed by atoms with Crippen molar-refractivity contribution in [1.82, 2.24) is 0 Å². The van der Waals surface area contributed by atoms with E-state index in [2.05, 4.69) is 0 Å². The molecule has 0 saturated carbocycles. The smallest absolute Gasteiger partial charge is 0.299 e. The number of anilines is 1. The van der Waals surface area contributed by atoms with Crippen molar-refractivity contribution in [3.8, 4) is 0 Å². The number of rotatable bonds is 3. The van der Waals surface area contributed by atoms with Gasteiger partial charge in [-0.2, -0.15) is 0 Å². The minimum atomic E-state index is -0.650. The molecule has 2 rings (SSSR count). The van der Waals surface area contributed by atoms with E-state index in [1.165, 1.54) is 11.0 Å². The number of primary amides is 1. The number of ketones is 1. The average Bonchev–Trinajstić information content (AvgIpc) is 2.50. The topological polar surface area (TPSA) is 80.5 Å². The molecule has 0 unspecified atom stereocenters. The molecule has 88 valence electrons. The predicted molar refractivity (Wildman–Crippen MR) is 61.9 cm³/mol. The SMILES string of the molecule is NC(=O)CCN1C(=O)C(=O)c2cc(Cl)ccc21. The van der Waals surface area contributed by atoms with Gasteiger partial charge in [0, 0.05) is 18.0 Å². The summed E-state index contributed by atoms with van der Waals surface area (Å²) in [6, 6.07) is 4.62. The van der Waals surface area contributed by atoms with Crippen LogP contribution in [0, 0.1) is 0 Å². The summed E-state index contributed by atoms with van der Waals surface area (Å²) in [6.07, 6.45) is 0.0150. The molecule has 1 heterocycles. The Morgan fingerprint density at radius 1 is 1.35 bits per heavy atom. The molecule has 0 saturated heterocycles. The third-order valence-electron chi connectivity index (χ3n) is 2.52. The molecule has 0 radical (unpaired) electrons. The van der Waals surface area contributed by atoms with Gasteiger partial charge < -0.3 is 10.6 Å². The van der Waals surface area contributed by atoms with Crippen LogP contribution in [0.4, 0.5) is 5.69 Å². The number of carbonyl (C=O) groups excluding carboxylic acids is 3. The highest BCUT2D eigenvalue weighted by molar-refractivity contribution is 6.52. The van der Waals surface area contributed by atoms with Crippen LogP contribution >= 0.6 is 11.6 Å². The number of hydrogen-bond donors (Lipinski definition) is 1. The van der Waals surface area contributed by atoms with Crippen LogP contribution in [0.5, 0.6) is 0 Å². The first kappa shape index (κ1) is 11.6. The fourth-order valence-corrected chi connectivity index (χ4v) is 1.89. The minimum Gasteiger partial charge on any atom is -0.370 e. The number of amides is 2. The van der Waals surface area contributed by atoms with Crippen LogP contribution in [0.1, 0.15) is 16.8 Å². The second-order valence-electron chi connectivity index (χ2n) is 3.66. The maximum absolute atomic E-state index is 11.7. The van der Waals surface area contributed by atoms with Crippen molar-refractivity contribution in [3.05, 3.63) is 28.8 Å². The number of carbonyl (C=O) groups is 3. The third-order valence-corrected chi connectivity index (χ3v) is 2.75. The van der Waals surface area contributed by atoms with E-state index in [0.717, 1.165) is 0 Å². The lowest BCUT2D eigenvalue weighted by atomic mass is 10.1. The molecule has 2 amide bonds. The van der Waals surface area contributed by atoms with Crippen molar-refractivity contribution in [2.24, 2.45) is 5.73 Å². The van der Waals surface area contributed by atoms with Gasteiger partial charge in [0.05, 0.1) is 11.3 Å². The Morgan fingerprint density at radius 3 is 2.71 bits per heavy atom. The zero-order valence-corrected chi connectivity index (χ0v) is 9.53. The molecule has 0 spiro atoms. The number of nitrogens with two attached hydrogens (primary N) is 1. The van der Waals surface area contributed by atoms with Crippen LogP contribution < -0.4 is 10.6 Å². The molecule has 0 atom stereocenters. The lowest BCUT2D eigenvalue weighted by Gasteiger charge is -2.15. The first-order valence-electron chi connectivity index (χ1n) is 4.95. The molecule has 1 aromatic carbocycles. The van der Waals surface area contributed by atoms with Crippen molar-refractivity contribution in [2.45, 2.75) is 6.42 Å². The van der Waals surface area contributed by atoms with E-state index in [9.17, 15) is 14.4 Å². The van der Waals surface area contributed by atoms with E-state index in [-0.39, 0.29) is 18.5 Å². The van der Waals surface area contributed by atoms with Crippen LogP contribution in [0.25, 0.3) is 0 Å². The molecule has 1 aromatic rings. The van der Waals surface area contributed by atoms with Gasteiger partial charge in [0.15, 0.2) is 0 Å². The summed E-state index contributed by atoms with van der Waals surface area (Å²) < 4.78 is 0. The third kappa shape index (κ3) is 2.01. The molecular formula is C11H9ClN2O3. The Hall–Kier alpha value is -1.88. The van der Waals surface area contributed by atoms with Gasteiger partial charge in [-0.3, -0.25) is 14.4 Å². The fourth-order valence-electron chi connectivity index (χ4n) is 1.72. The Balaban J connectivity index is 2.34. The Morgan fingerprint density at radius 2 is 2.06 bits per heavy atom. The zero-order chi connectivity index (χ0) is 12.6. The highest BCUT2D eigenvalue weighted by Gasteiger charge is 2.35. The van der Waals surface area contributed by atoms with E-state index in [0.29, 0.717) is 10.7 Å². The fraction of sp³-hybridized carbons (Fsp3) is 0.182. The monoisotopic (exact) mass is 252 g/mol. The van der Waals surface area contributed by atoms with E-state index >= 15 is 0 Å². The average molecular weight is 253 g/mol. The second-order valence-corrected chi connectivity index (χ2v) is 4.10. The molecule has 0 aromatic heterocycles. The molecule has 1 aliphatic heterocycles. The highest BCUT2D eigenvalue weighted by atomic mass is 35.5. The van der Waals surface area contributed by atoms with Gasteiger partial charge in [-0.1, -0.05) is 11.6 Å². The van der Waals surface area contributed by atoms with Gasteiger partial charge in [0.1, 0.15) is 0 Å². The largest absolute Gasteiger partial charge is 0.370 e. The number of fused-ring (bicyclic) bond motifs is 1. The normalized spacial score (nSPS) is 14.1. The van der Waals surface area contributed by atoms with Gasteiger partial charge in [-0.05, 0) is 18.2 Å². The molecule has 2 N–H and O–H groups in total. The van der Waals surface area contributed by atoms with Gasteiger partial charge in [0.25, 0.3) is 11.7 Å². The maximum atomic E-state index is 11.7. The minimum absolute atomic E-state index is 0.0150. The summed E-state index contributed by atoms with van der Waals surface area (Å²) in [5.74, 6) is -1.77. The van der Waals surface area contributed by atoms with E-state index in [1.54, 1.807) is 12.1 Å². The Bertz CT molecular complexity index is 527. The van der Waals surface area contributed by atoms with Crippen molar-refractivity contribution in [3.63, 3.8) is 0 Å². The standard InChI is InChI=1S/C11H9ClN2O3/c12-6-1-2-8-7(5-6)10(16)11(17)14(8)4-3-9(13)15/h1-2,5H,3-4H2,(H2,13,15). The summed E-state index contributed by atoms with van der Waals surface area (Å²) in [4.78, 5) is 35.2. The number of hydrogen-bond acceptors (Lipinski definition) is 3. The summed E-state index contributed by atoms with van der Waals surface area (Å²) in [5, 5.41) is 0.390. The molecule has 0 aliphatic carbocycles. The molecule has 0 bridgehead atoms. The maximum Gasteiger partial charge on any atom is 0.299 e. The van der Waals surface area contributed by atoms with E-state index in [1.807, 2.05) is 0 Å². The molecular weight excluding hydrogens is 244 g/mol. The van der Waals surface area contributed by atoms with Gasteiger partial charge in [-0.25, -0.2) is 0 Å². The first-order valence-corrected chi connectivity index (χ1v) is 5.32. The van der Waals surface area contributed by atoms with Crippen LogP contribution in [-0.4, -0.2) is 24.1 Å². The van der Waals surface area contributed by atoms with Crippen LogP contribution in [0.15, 0.2) is 18.2 Å². The van der Waals surface area contributed by atoms with Gasteiger partial charge in [0.2, 0.25) is 5.91 Å². The predicted octanol–water partition coefficient (Wildman–Crippen LogP) is 0.745. The second kappa shape index (κ2) is 4.18. The van der Waals surface area contributed by atoms with Gasteiger partial charge in [-0.15, -0.1) is 0 Å². The molecule has 1 aliphatic rings. The van der Waals surface area contributed by atoms with Gasteiger partial charge >= 0.3 is 0 Å². The summed E-state index contributed by atoms with van der Waals surface area (Å²) >= 11 is 5.76. The summed E-state index contributed by atoms with van der Waals surface area (Å²) in [5.41, 5.74) is 5.76. The van der Waals surface area contributed by atoms with Crippen molar-refractivity contribution in [2.75, 3.05) is 11.4 Å². The number of benzene rings is 1. The Kier molecular flexibility index (Phi) is 2.85. The summed E-state index contributed by atoms with van der Waals surface area (Å²) in [7, 11) is 0. The van der Waals surface area contributed by atoms with E-state index in [4.69, 9.17) is 17.3 Å². The van der Waals surface area contributed by atoms with Crippen molar-refractivity contribution in [1.29, 1.82) is 0 Å². The van der Waals surface area contributed by atoms with Crippen LogP contribution in [0.3, 0.4) is 0 Å². The zero-order valence-electron chi connectivity index (χ0n) is 8.77. The summed E-state index contributed by atoms with van der Waals surface area (Å²) in [6.45, 7) is 0.106. The number of Topliss-reactive ketones (excluding diaryl/α,β-unsaturated/α-hetero) is 1. The number of nitrogens with zero attached hydrogens (tertiary/aromatic N) is 1. The molecule has 5 nitrogen and oxygen atoms in total. The highest BCUT2D eigenvalue weighted by Crippen LogP contribution is 2.31. The van der Waals surface area contributed by atoms with Crippen molar-refractivity contribution < 1.29 is 14.4 Å². The molecule has 17 heavy (non-hydrogen) atoms. The van der Waals surface area contributed by atoms with Crippen molar-refractivity contribution >= 4 is 34.9 Å². The lowest BCUT2D eigenvalue weighted by molar-refractivity contribution is -0.118. The van der Waals surface area contributed by atoms with Crippen LogP contribution in [-0.2, 0) is 9.59 Å². The molecule has 0 fully saturated rings. The first-order chi connectivity index (χ1) is 8.00. The Labute approximate surface area is 102 Å². The van der Waals surface area contributed by atoms with Crippen LogP contribution in [0.2, 0.25) is 5.02 Å².